The molecule has 3 amide bonds. The van der Waals surface area contributed by atoms with Gasteiger partial charge in [0.2, 0.25) is 0 Å². The monoisotopic (exact) mass is 158 g/mol. The molecule has 0 fully saturated rings. The van der Waals surface area contributed by atoms with Crippen LogP contribution in [0.5, 0.6) is 0 Å². The number of hydrogen-bond donors (Lipinski definition) is 1. The first-order chi connectivity index (χ1) is 4.66. The third-order valence-corrected chi connectivity index (χ3v) is 1.52. The Morgan fingerprint density at radius 3 is 2.40 bits per heavy atom. The van der Waals surface area contributed by atoms with Crippen LogP contribution >= 0.6 is 12.6 Å². The molecule has 0 saturated heterocycles. The highest BCUT2D eigenvalue weighted by molar-refractivity contribution is 7.81. The molecule has 0 radical (unpaired) electrons. The maximum absolute atomic E-state index is 10.9. The number of hydrogen-bond acceptors (Lipinski definition) is 3. The topological polar surface area (TPSA) is 49.7 Å². The van der Waals surface area contributed by atoms with Crippen LogP contribution in [0, 0.1) is 0 Å². The van der Waals surface area contributed by atoms with Gasteiger partial charge in [0.15, 0.2) is 0 Å². The number of urea groups is 1. The highest BCUT2D eigenvalue weighted by atomic mass is 32.1. The Morgan fingerprint density at radius 1 is 1.60 bits per heavy atom. The molecule has 0 N–H and O–H groups in total. The SMILES string of the molecule is CN1C(=O)N=C(CS)C1=O. The molecular formula is C5H6N2O2S. The Kier molecular flexibility index (Phi) is 1.76. The lowest BCUT2D eigenvalue weighted by Crippen LogP contribution is -2.28. The molecule has 1 aliphatic rings. The van der Waals surface area contributed by atoms with Crippen LogP contribution in [-0.2, 0) is 4.79 Å². The van der Waals surface area contributed by atoms with Crippen molar-refractivity contribution in [2.24, 2.45) is 4.99 Å². The van der Waals surface area contributed by atoms with E-state index < -0.39 is 6.03 Å². The van der Waals surface area contributed by atoms with Crippen LogP contribution in [0.2, 0.25) is 0 Å². The van der Waals surface area contributed by atoms with Gasteiger partial charge in [0.1, 0.15) is 5.71 Å². The minimum absolute atomic E-state index is 0.217. The molecule has 0 aromatic rings. The molecule has 0 atom stereocenters. The van der Waals surface area contributed by atoms with Crippen molar-refractivity contribution < 1.29 is 9.59 Å². The number of amides is 3. The number of rotatable bonds is 1. The van der Waals surface area contributed by atoms with Crippen molar-refractivity contribution in [3.8, 4) is 0 Å². The van der Waals surface area contributed by atoms with Crippen LogP contribution in [0.3, 0.4) is 0 Å². The van der Waals surface area contributed by atoms with Gasteiger partial charge in [-0.15, -0.1) is 0 Å². The van der Waals surface area contributed by atoms with E-state index in [0.717, 1.165) is 4.90 Å². The number of imide groups is 1. The summed E-state index contributed by atoms with van der Waals surface area (Å²) in [6.45, 7) is 0. The van der Waals surface area contributed by atoms with Crippen molar-refractivity contribution >= 4 is 30.3 Å². The standard InChI is InChI=1S/C5H6N2O2S/c1-7-4(8)3(2-10)6-5(7)9/h10H,2H2,1H3. The summed E-state index contributed by atoms with van der Waals surface area (Å²) in [6, 6.07) is -0.506. The molecule has 0 aromatic heterocycles. The first-order valence-electron chi connectivity index (χ1n) is 2.67. The van der Waals surface area contributed by atoms with E-state index in [2.05, 4.69) is 17.6 Å². The fourth-order valence-electron chi connectivity index (χ4n) is 0.622. The second-order valence-electron chi connectivity index (χ2n) is 1.86. The fourth-order valence-corrected chi connectivity index (χ4v) is 0.828. The third-order valence-electron chi connectivity index (χ3n) is 1.22. The van der Waals surface area contributed by atoms with Crippen LogP contribution in [0.1, 0.15) is 0 Å². The second-order valence-corrected chi connectivity index (χ2v) is 2.18. The van der Waals surface area contributed by atoms with Gasteiger partial charge >= 0.3 is 6.03 Å². The first-order valence-corrected chi connectivity index (χ1v) is 3.30. The highest BCUT2D eigenvalue weighted by Crippen LogP contribution is 2.03. The van der Waals surface area contributed by atoms with E-state index in [1.54, 1.807) is 0 Å². The molecule has 4 nitrogen and oxygen atoms in total. The minimum atomic E-state index is -0.506. The molecule has 0 aliphatic carbocycles. The number of carbonyl (C=O) groups is 2. The lowest BCUT2D eigenvalue weighted by Gasteiger charge is -2.01. The van der Waals surface area contributed by atoms with Crippen molar-refractivity contribution in [2.75, 3.05) is 12.8 Å². The average Bonchev–Trinajstić information content (AvgIpc) is 2.17. The number of thiol groups is 1. The van der Waals surface area contributed by atoms with Crippen LogP contribution in [0.15, 0.2) is 4.99 Å². The maximum Gasteiger partial charge on any atom is 0.350 e. The van der Waals surface area contributed by atoms with Gasteiger partial charge in [0.05, 0.1) is 0 Å². The van der Waals surface area contributed by atoms with E-state index >= 15 is 0 Å². The zero-order chi connectivity index (χ0) is 7.72. The van der Waals surface area contributed by atoms with Gasteiger partial charge in [0, 0.05) is 12.8 Å². The molecule has 1 rings (SSSR count). The number of nitrogens with zero attached hydrogens (tertiary/aromatic N) is 2. The summed E-state index contributed by atoms with van der Waals surface area (Å²) in [5, 5.41) is 0. The summed E-state index contributed by atoms with van der Waals surface area (Å²) in [7, 11) is 1.39. The number of aliphatic imine (C=N–C) groups is 1. The fraction of sp³-hybridized carbons (Fsp3) is 0.400. The van der Waals surface area contributed by atoms with Crippen molar-refractivity contribution in [1.29, 1.82) is 0 Å². The van der Waals surface area contributed by atoms with Gasteiger partial charge < -0.3 is 0 Å². The molecule has 1 aliphatic heterocycles. The lowest BCUT2D eigenvalue weighted by molar-refractivity contribution is -0.119. The number of carbonyl (C=O) groups excluding carboxylic acids is 2. The summed E-state index contributed by atoms with van der Waals surface area (Å²) in [5.74, 6) is -0.130. The molecule has 0 unspecified atom stereocenters. The predicted octanol–water partition coefficient (Wildman–Crippen LogP) is -0.0508. The smallest absolute Gasteiger partial charge is 0.267 e. The summed E-state index contributed by atoms with van der Waals surface area (Å²) < 4.78 is 0. The van der Waals surface area contributed by atoms with Crippen LogP contribution in [0.4, 0.5) is 4.79 Å². The van der Waals surface area contributed by atoms with Crippen LogP contribution < -0.4 is 0 Å². The van der Waals surface area contributed by atoms with Crippen molar-refractivity contribution in [1.82, 2.24) is 4.90 Å². The zero-order valence-corrected chi connectivity index (χ0v) is 6.26. The maximum atomic E-state index is 10.9. The van der Waals surface area contributed by atoms with Crippen molar-refractivity contribution in [3.05, 3.63) is 0 Å². The lowest BCUT2D eigenvalue weighted by atomic mass is 10.4. The Balaban J connectivity index is 2.89. The van der Waals surface area contributed by atoms with E-state index in [4.69, 9.17) is 0 Å². The van der Waals surface area contributed by atoms with E-state index in [1.807, 2.05) is 0 Å². The van der Waals surface area contributed by atoms with E-state index in [0.29, 0.717) is 0 Å². The summed E-state index contributed by atoms with van der Waals surface area (Å²) in [6.07, 6.45) is 0. The normalized spacial score (nSPS) is 18.2. The van der Waals surface area contributed by atoms with Crippen molar-refractivity contribution in [2.45, 2.75) is 0 Å². The van der Waals surface area contributed by atoms with E-state index in [-0.39, 0.29) is 17.4 Å². The average molecular weight is 158 g/mol. The Hall–Kier alpha value is -0.840. The minimum Gasteiger partial charge on any atom is -0.267 e. The molecule has 0 saturated carbocycles. The van der Waals surface area contributed by atoms with Gasteiger partial charge in [-0.3, -0.25) is 9.69 Å². The molecule has 10 heavy (non-hydrogen) atoms. The van der Waals surface area contributed by atoms with Gasteiger partial charge in [-0.05, 0) is 0 Å². The summed E-state index contributed by atoms with van der Waals surface area (Å²) >= 11 is 3.83. The second kappa shape index (κ2) is 2.42. The quantitative estimate of drug-likeness (QED) is 0.544. The molecule has 0 bridgehead atoms. The predicted molar refractivity (Wildman–Crippen MR) is 39.5 cm³/mol. The van der Waals surface area contributed by atoms with Gasteiger partial charge in [-0.25, -0.2) is 4.79 Å². The summed E-state index contributed by atoms with van der Waals surface area (Å²) in [4.78, 5) is 25.9. The van der Waals surface area contributed by atoms with E-state index in [9.17, 15) is 9.59 Å². The van der Waals surface area contributed by atoms with Crippen LogP contribution in [0.25, 0.3) is 0 Å². The van der Waals surface area contributed by atoms with Gasteiger partial charge in [-0.1, -0.05) is 0 Å². The van der Waals surface area contributed by atoms with Gasteiger partial charge in [-0.2, -0.15) is 17.6 Å². The molecular weight excluding hydrogens is 152 g/mol. The third kappa shape index (κ3) is 0.923. The molecule has 1 heterocycles. The van der Waals surface area contributed by atoms with E-state index in [1.165, 1.54) is 7.05 Å². The summed E-state index contributed by atoms with van der Waals surface area (Å²) in [5.41, 5.74) is 0.218. The molecule has 5 heteroatoms. The van der Waals surface area contributed by atoms with Crippen molar-refractivity contribution in [3.63, 3.8) is 0 Å². The highest BCUT2D eigenvalue weighted by Gasteiger charge is 2.28. The first kappa shape index (κ1) is 7.27. The zero-order valence-electron chi connectivity index (χ0n) is 5.37. The Morgan fingerprint density at radius 2 is 2.20 bits per heavy atom. The largest absolute Gasteiger partial charge is 0.350 e. The Labute approximate surface area is 63.3 Å². The molecule has 54 valence electrons. The Bertz CT molecular complexity index is 224. The molecule has 0 spiro atoms. The van der Waals surface area contributed by atoms with Gasteiger partial charge in [0.25, 0.3) is 5.91 Å². The van der Waals surface area contributed by atoms with Crippen LogP contribution in [-0.4, -0.2) is 35.4 Å². The molecule has 0 aromatic carbocycles.